The summed E-state index contributed by atoms with van der Waals surface area (Å²) in [5.74, 6) is -0.915. The zero-order valence-electron chi connectivity index (χ0n) is 8.84. The van der Waals surface area contributed by atoms with Gasteiger partial charge < -0.3 is 5.32 Å². The Hall–Kier alpha value is -1.56. The van der Waals surface area contributed by atoms with Crippen LogP contribution in [0.5, 0.6) is 0 Å². The largest absolute Gasteiger partial charge is 0.372 e. The molecule has 2 rings (SSSR count). The van der Waals surface area contributed by atoms with Gasteiger partial charge in [-0.25, -0.2) is 13.8 Å². The number of rotatable bonds is 2. The van der Waals surface area contributed by atoms with E-state index in [9.17, 15) is 8.78 Å². The first-order valence-electron chi connectivity index (χ1n) is 4.77. The maximum Gasteiger partial charge on any atom is 0.149 e. The Kier molecular flexibility index (Phi) is 3.33. The van der Waals surface area contributed by atoms with E-state index in [-0.39, 0.29) is 15.7 Å². The van der Waals surface area contributed by atoms with Gasteiger partial charge in [-0.15, -0.1) is 0 Å². The smallest absolute Gasteiger partial charge is 0.149 e. The Morgan fingerprint density at radius 1 is 1.24 bits per heavy atom. The van der Waals surface area contributed by atoms with Crippen LogP contribution in [0.1, 0.15) is 0 Å². The van der Waals surface area contributed by atoms with Crippen LogP contribution in [-0.4, -0.2) is 17.0 Å². The molecule has 0 unspecified atom stereocenters. The lowest BCUT2D eigenvalue weighted by Gasteiger charge is -2.07. The molecule has 3 nitrogen and oxygen atoms in total. The number of nitrogens with one attached hydrogen (secondary N) is 1. The molecule has 0 aliphatic heterocycles. The SMILES string of the molecule is CNc1cncc(-c2c(F)ccc(Br)c2F)n1. The fourth-order valence-corrected chi connectivity index (χ4v) is 1.70. The van der Waals surface area contributed by atoms with E-state index in [0.717, 1.165) is 0 Å². The third-order valence-corrected chi connectivity index (χ3v) is 2.80. The fraction of sp³-hybridized carbons (Fsp3) is 0.0909. The molecule has 0 atom stereocenters. The maximum absolute atomic E-state index is 13.8. The molecular formula is C11H8BrF2N3. The summed E-state index contributed by atoms with van der Waals surface area (Å²) in [4.78, 5) is 7.92. The molecule has 0 radical (unpaired) electrons. The Balaban J connectivity index is 2.63. The minimum atomic E-state index is -0.687. The van der Waals surface area contributed by atoms with Gasteiger partial charge in [0.1, 0.15) is 17.5 Å². The lowest BCUT2D eigenvalue weighted by atomic mass is 10.1. The average molecular weight is 300 g/mol. The van der Waals surface area contributed by atoms with E-state index in [0.29, 0.717) is 5.82 Å². The summed E-state index contributed by atoms with van der Waals surface area (Å²) in [6.45, 7) is 0. The van der Waals surface area contributed by atoms with Gasteiger partial charge in [-0.05, 0) is 28.1 Å². The molecule has 0 aliphatic rings. The van der Waals surface area contributed by atoms with E-state index in [1.807, 2.05) is 0 Å². The lowest BCUT2D eigenvalue weighted by Crippen LogP contribution is -1.98. The van der Waals surface area contributed by atoms with E-state index in [1.165, 1.54) is 24.5 Å². The lowest BCUT2D eigenvalue weighted by molar-refractivity contribution is 0.584. The fourth-order valence-electron chi connectivity index (χ4n) is 1.37. The molecule has 0 aliphatic carbocycles. The minimum absolute atomic E-state index is 0.146. The molecule has 0 saturated heterocycles. The Morgan fingerprint density at radius 3 is 2.71 bits per heavy atom. The topological polar surface area (TPSA) is 37.8 Å². The van der Waals surface area contributed by atoms with Gasteiger partial charge in [-0.3, -0.25) is 4.98 Å². The highest BCUT2D eigenvalue weighted by Crippen LogP contribution is 2.29. The first-order valence-corrected chi connectivity index (χ1v) is 5.56. The van der Waals surface area contributed by atoms with Crippen LogP contribution in [0.4, 0.5) is 14.6 Å². The quantitative estimate of drug-likeness (QED) is 0.865. The molecule has 1 heterocycles. The van der Waals surface area contributed by atoms with Gasteiger partial charge >= 0.3 is 0 Å². The van der Waals surface area contributed by atoms with Crippen molar-refractivity contribution in [2.75, 3.05) is 12.4 Å². The third-order valence-electron chi connectivity index (χ3n) is 2.19. The van der Waals surface area contributed by atoms with Gasteiger partial charge in [0.2, 0.25) is 0 Å². The van der Waals surface area contributed by atoms with E-state index in [4.69, 9.17) is 0 Å². The van der Waals surface area contributed by atoms with Crippen molar-refractivity contribution in [1.29, 1.82) is 0 Å². The molecule has 0 bridgehead atoms. The van der Waals surface area contributed by atoms with Crippen molar-refractivity contribution in [1.82, 2.24) is 9.97 Å². The maximum atomic E-state index is 13.8. The number of anilines is 1. The van der Waals surface area contributed by atoms with E-state index >= 15 is 0 Å². The number of hydrogen-bond donors (Lipinski definition) is 1. The summed E-state index contributed by atoms with van der Waals surface area (Å²) in [7, 11) is 1.65. The molecule has 0 saturated carbocycles. The highest BCUT2D eigenvalue weighted by atomic mass is 79.9. The average Bonchev–Trinajstić information content (AvgIpc) is 2.35. The van der Waals surface area contributed by atoms with Crippen LogP contribution in [0.25, 0.3) is 11.3 Å². The monoisotopic (exact) mass is 299 g/mol. The van der Waals surface area contributed by atoms with Crippen LogP contribution >= 0.6 is 15.9 Å². The molecule has 17 heavy (non-hydrogen) atoms. The predicted molar refractivity (Wildman–Crippen MR) is 64.6 cm³/mol. The van der Waals surface area contributed by atoms with Gasteiger partial charge in [0, 0.05) is 7.05 Å². The first-order chi connectivity index (χ1) is 8.13. The minimum Gasteiger partial charge on any atom is -0.372 e. The van der Waals surface area contributed by atoms with Crippen molar-refractivity contribution in [3.8, 4) is 11.3 Å². The van der Waals surface area contributed by atoms with Crippen molar-refractivity contribution in [3.63, 3.8) is 0 Å². The normalized spacial score (nSPS) is 10.4. The molecule has 88 valence electrons. The molecule has 6 heteroatoms. The zero-order valence-corrected chi connectivity index (χ0v) is 10.4. The van der Waals surface area contributed by atoms with Gasteiger partial charge in [0.05, 0.1) is 28.1 Å². The summed E-state index contributed by atoms with van der Waals surface area (Å²) in [6.07, 6.45) is 2.78. The van der Waals surface area contributed by atoms with Crippen LogP contribution in [0.2, 0.25) is 0 Å². The van der Waals surface area contributed by atoms with Crippen LogP contribution in [0.15, 0.2) is 29.0 Å². The molecule has 0 fully saturated rings. The summed E-state index contributed by atoms with van der Waals surface area (Å²) in [5.41, 5.74) is -0.0443. The molecule has 0 amide bonds. The van der Waals surface area contributed by atoms with Crippen LogP contribution in [0, 0.1) is 11.6 Å². The summed E-state index contributed by atoms with van der Waals surface area (Å²) in [5, 5.41) is 2.76. The van der Waals surface area contributed by atoms with E-state index in [2.05, 4.69) is 31.2 Å². The molecule has 0 spiro atoms. The second-order valence-electron chi connectivity index (χ2n) is 3.26. The van der Waals surface area contributed by atoms with Crippen molar-refractivity contribution >= 4 is 21.7 Å². The van der Waals surface area contributed by atoms with Crippen molar-refractivity contribution in [3.05, 3.63) is 40.6 Å². The van der Waals surface area contributed by atoms with Gasteiger partial charge in [-0.1, -0.05) is 0 Å². The predicted octanol–water partition coefficient (Wildman–Crippen LogP) is 3.23. The van der Waals surface area contributed by atoms with Crippen molar-refractivity contribution in [2.24, 2.45) is 0 Å². The zero-order chi connectivity index (χ0) is 12.4. The number of aromatic nitrogens is 2. The van der Waals surface area contributed by atoms with Gasteiger partial charge in [0.15, 0.2) is 0 Å². The highest BCUT2D eigenvalue weighted by Gasteiger charge is 2.16. The van der Waals surface area contributed by atoms with Crippen molar-refractivity contribution in [2.45, 2.75) is 0 Å². The second kappa shape index (κ2) is 4.75. The Morgan fingerprint density at radius 2 is 2.00 bits per heavy atom. The molecule has 1 aromatic carbocycles. The standard InChI is InChI=1S/C11H8BrF2N3/c1-15-9-5-16-4-8(17-9)10-7(13)3-2-6(12)11(10)14/h2-5H,1H3,(H,15,17). The second-order valence-corrected chi connectivity index (χ2v) is 4.11. The van der Waals surface area contributed by atoms with Gasteiger partial charge in [-0.2, -0.15) is 0 Å². The Labute approximate surface area is 105 Å². The summed E-state index contributed by atoms with van der Waals surface area (Å²) >= 11 is 3.01. The number of nitrogens with zero attached hydrogens (tertiary/aromatic N) is 2. The van der Waals surface area contributed by atoms with Crippen LogP contribution < -0.4 is 5.32 Å². The van der Waals surface area contributed by atoms with Crippen molar-refractivity contribution < 1.29 is 8.78 Å². The summed E-state index contributed by atoms with van der Waals surface area (Å²) < 4.78 is 27.6. The van der Waals surface area contributed by atoms with Crippen LogP contribution in [0.3, 0.4) is 0 Å². The van der Waals surface area contributed by atoms with Crippen LogP contribution in [-0.2, 0) is 0 Å². The third kappa shape index (κ3) is 2.26. The molecule has 2 aromatic rings. The Bertz CT molecular complexity index is 560. The van der Waals surface area contributed by atoms with E-state index in [1.54, 1.807) is 7.05 Å². The first kappa shape index (κ1) is 11.9. The summed E-state index contributed by atoms with van der Waals surface area (Å²) in [6, 6.07) is 2.49. The number of halogens is 3. The molecule has 1 aromatic heterocycles. The highest BCUT2D eigenvalue weighted by molar-refractivity contribution is 9.10. The van der Waals surface area contributed by atoms with E-state index < -0.39 is 11.6 Å². The number of hydrogen-bond acceptors (Lipinski definition) is 3. The molecule has 1 N–H and O–H groups in total. The number of benzene rings is 1. The van der Waals surface area contributed by atoms with Gasteiger partial charge in [0.25, 0.3) is 0 Å². The molecular weight excluding hydrogens is 292 g/mol.